The normalized spacial score (nSPS) is 16.2. The number of hydroxylamine groups is 2. The number of carbonyl (C=O) groups excluding carboxylic acids is 1. The smallest absolute Gasteiger partial charge is 0.277 e. The van der Waals surface area contributed by atoms with E-state index in [-0.39, 0.29) is 5.57 Å². The van der Waals surface area contributed by atoms with Gasteiger partial charge in [0.1, 0.15) is 14.0 Å². The van der Waals surface area contributed by atoms with E-state index in [0.29, 0.717) is 17.7 Å². The number of amides is 1. The minimum Gasteiger partial charge on any atom is -0.383 e. The summed E-state index contributed by atoms with van der Waals surface area (Å²) in [6, 6.07) is 12.8. The zero-order valence-electron chi connectivity index (χ0n) is 14.1. The fourth-order valence-corrected chi connectivity index (χ4v) is 2.78. The summed E-state index contributed by atoms with van der Waals surface area (Å²) < 4.78 is 0. The molecular weight excluding hydrogens is 317 g/mol. The highest BCUT2D eigenvalue weighted by atomic mass is 16.7. The molecule has 3 rings (SSSR count). The molecule has 0 saturated heterocycles. The topological polar surface area (TPSA) is 65.9 Å². The van der Waals surface area contributed by atoms with Gasteiger partial charge in [0.15, 0.2) is 0 Å². The number of aromatic nitrogens is 1. The Bertz CT molecular complexity index is 825. The molecule has 6 nitrogen and oxygen atoms in total. The highest BCUT2D eigenvalue weighted by molar-refractivity contribution is 6.30. The summed E-state index contributed by atoms with van der Waals surface area (Å²) in [6.07, 6.45) is 0.613. The van der Waals surface area contributed by atoms with Gasteiger partial charge in [-0.3, -0.25) is 14.6 Å². The number of fused-ring (bicyclic) bond motifs is 1. The molecule has 2 radical (unpaired) electrons. The molecule has 1 N–H and O–H groups in total. The Kier molecular flexibility index (Phi) is 4.87. The first-order valence-corrected chi connectivity index (χ1v) is 7.80. The lowest BCUT2D eigenvalue weighted by Gasteiger charge is -2.32. The lowest BCUT2D eigenvalue weighted by atomic mass is 9.95. The molecule has 0 spiro atoms. The lowest BCUT2D eigenvalue weighted by Crippen LogP contribution is -2.34. The van der Waals surface area contributed by atoms with Crippen LogP contribution in [-0.4, -0.2) is 43.1 Å². The van der Waals surface area contributed by atoms with Gasteiger partial charge in [-0.15, -0.1) is 0 Å². The number of aliphatic hydroxyl groups is 1. The van der Waals surface area contributed by atoms with E-state index in [0.717, 1.165) is 16.4 Å². The van der Waals surface area contributed by atoms with Crippen molar-refractivity contribution in [1.82, 2.24) is 10.0 Å². The highest BCUT2D eigenvalue weighted by Gasteiger charge is 2.31. The Balaban J connectivity index is 2.01. The summed E-state index contributed by atoms with van der Waals surface area (Å²) in [6.45, 7) is 0.419. The number of likely N-dealkylation sites (N-methyl/N-ethyl adjacent to an activating group) is 1. The number of carbonyl (C=O) groups is 1. The number of nitrogens with zero attached hydrogens (tertiary/aromatic N) is 3. The van der Waals surface area contributed by atoms with Crippen molar-refractivity contribution in [2.24, 2.45) is 0 Å². The maximum absolute atomic E-state index is 12.5. The molecule has 25 heavy (non-hydrogen) atoms. The number of para-hydroxylation sites is 1. The fraction of sp³-hybridized carbons (Fsp3) is 0.222. The van der Waals surface area contributed by atoms with Gasteiger partial charge in [0.2, 0.25) is 0 Å². The molecule has 1 aliphatic rings. The van der Waals surface area contributed by atoms with Gasteiger partial charge in [-0.1, -0.05) is 30.3 Å². The maximum atomic E-state index is 12.5. The Morgan fingerprint density at radius 3 is 2.80 bits per heavy atom. The second-order valence-electron chi connectivity index (χ2n) is 5.71. The van der Waals surface area contributed by atoms with E-state index in [2.05, 4.69) is 4.98 Å². The minimum atomic E-state index is -1.02. The molecule has 2 aromatic rings. The first-order valence-electron chi connectivity index (χ1n) is 7.80. The molecule has 1 aromatic carbocycles. The van der Waals surface area contributed by atoms with Crippen molar-refractivity contribution in [3.05, 3.63) is 65.5 Å². The Morgan fingerprint density at radius 2 is 2.08 bits per heavy atom. The van der Waals surface area contributed by atoms with Crippen LogP contribution in [0.3, 0.4) is 0 Å². The third kappa shape index (κ3) is 3.43. The van der Waals surface area contributed by atoms with Crippen LogP contribution >= 0.6 is 0 Å². The molecule has 0 saturated carbocycles. The summed E-state index contributed by atoms with van der Waals surface area (Å²) in [7, 11) is 8.65. The number of pyridine rings is 1. The van der Waals surface area contributed by atoms with Crippen LogP contribution in [0.5, 0.6) is 0 Å². The minimum absolute atomic E-state index is 0.229. The first kappa shape index (κ1) is 17.2. The molecule has 1 aromatic heterocycles. The standard InChI is InChI=1S/C18H18BN3O3/c1-21(25-2)18(24)14-11-22(10-12-6-5-9-16(19)20-12)15-8-4-3-7-13(15)17(14)23/h3-9,11,17,23H,10H2,1-2H3. The van der Waals surface area contributed by atoms with Gasteiger partial charge >= 0.3 is 0 Å². The average Bonchev–Trinajstić information content (AvgIpc) is 2.63. The van der Waals surface area contributed by atoms with Crippen LogP contribution < -0.4 is 10.5 Å². The van der Waals surface area contributed by atoms with E-state index in [9.17, 15) is 9.90 Å². The van der Waals surface area contributed by atoms with E-state index in [1.54, 1.807) is 18.3 Å². The molecule has 1 atom stereocenters. The van der Waals surface area contributed by atoms with E-state index >= 15 is 0 Å². The zero-order valence-corrected chi connectivity index (χ0v) is 14.1. The van der Waals surface area contributed by atoms with Crippen molar-refractivity contribution < 1.29 is 14.7 Å². The predicted molar refractivity (Wildman–Crippen MR) is 95.1 cm³/mol. The van der Waals surface area contributed by atoms with Crippen LogP contribution in [0.25, 0.3) is 0 Å². The van der Waals surface area contributed by atoms with Crippen molar-refractivity contribution in [1.29, 1.82) is 0 Å². The van der Waals surface area contributed by atoms with E-state index in [1.165, 1.54) is 14.2 Å². The van der Waals surface area contributed by atoms with Crippen molar-refractivity contribution in [3.63, 3.8) is 0 Å². The van der Waals surface area contributed by atoms with Gasteiger partial charge in [0, 0.05) is 24.5 Å². The molecule has 126 valence electrons. The van der Waals surface area contributed by atoms with Crippen molar-refractivity contribution >= 4 is 25.0 Å². The van der Waals surface area contributed by atoms with Crippen molar-refractivity contribution in [2.75, 3.05) is 19.1 Å². The molecule has 0 fully saturated rings. The van der Waals surface area contributed by atoms with E-state index in [1.807, 2.05) is 35.2 Å². The first-order chi connectivity index (χ1) is 12.0. The summed E-state index contributed by atoms with van der Waals surface area (Å²) in [4.78, 5) is 23.6. The fourth-order valence-electron chi connectivity index (χ4n) is 2.78. The predicted octanol–water partition coefficient (Wildman–Crippen LogP) is 0.833. The molecule has 0 bridgehead atoms. The zero-order chi connectivity index (χ0) is 18.0. The second-order valence-corrected chi connectivity index (χ2v) is 5.71. The molecule has 7 heteroatoms. The molecule has 0 aliphatic carbocycles. The second kappa shape index (κ2) is 7.08. The van der Waals surface area contributed by atoms with E-state index < -0.39 is 12.0 Å². The number of benzene rings is 1. The van der Waals surface area contributed by atoms with Gasteiger partial charge in [-0.25, -0.2) is 5.06 Å². The molecule has 1 amide bonds. The number of hydrogen-bond acceptors (Lipinski definition) is 5. The summed E-state index contributed by atoms with van der Waals surface area (Å²) >= 11 is 0. The molecule has 1 aliphatic heterocycles. The lowest BCUT2D eigenvalue weighted by molar-refractivity contribution is -0.165. The van der Waals surface area contributed by atoms with Crippen LogP contribution in [0.15, 0.2) is 54.2 Å². The average molecular weight is 335 g/mol. The van der Waals surface area contributed by atoms with Gasteiger partial charge in [0.25, 0.3) is 5.91 Å². The Hall–Kier alpha value is -2.64. The van der Waals surface area contributed by atoms with Crippen molar-refractivity contribution in [2.45, 2.75) is 12.6 Å². The SMILES string of the molecule is [B]c1cccc(CN2C=C(C(=O)N(C)OC)C(O)c3ccccc32)n1. The Labute approximate surface area is 147 Å². The van der Waals surface area contributed by atoms with Gasteiger partial charge in [0.05, 0.1) is 24.9 Å². The third-order valence-electron chi connectivity index (χ3n) is 4.10. The van der Waals surface area contributed by atoms with Crippen LogP contribution in [-0.2, 0) is 16.2 Å². The monoisotopic (exact) mass is 335 g/mol. The third-order valence-corrected chi connectivity index (χ3v) is 4.10. The summed E-state index contributed by atoms with van der Waals surface area (Å²) in [5, 5.41) is 11.7. The largest absolute Gasteiger partial charge is 0.383 e. The Morgan fingerprint density at radius 1 is 1.32 bits per heavy atom. The van der Waals surface area contributed by atoms with Crippen LogP contribution in [0.4, 0.5) is 5.69 Å². The van der Waals surface area contributed by atoms with Crippen LogP contribution in [0, 0.1) is 0 Å². The summed E-state index contributed by atoms with van der Waals surface area (Å²) in [5.41, 5.74) is 2.89. The molecule has 2 heterocycles. The van der Waals surface area contributed by atoms with Gasteiger partial charge < -0.3 is 10.0 Å². The molecule has 1 unspecified atom stereocenters. The quantitative estimate of drug-likeness (QED) is 0.662. The summed E-state index contributed by atoms with van der Waals surface area (Å²) in [5.74, 6) is -0.407. The van der Waals surface area contributed by atoms with Gasteiger partial charge in [-0.2, -0.15) is 0 Å². The highest BCUT2D eigenvalue weighted by Crippen LogP contribution is 2.37. The van der Waals surface area contributed by atoms with Crippen LogP contribution in [0.2, 0.25) is 0 Å². The number of anilines is 1. The maximum Gasteiger partial charge on any atom is 0.277 e. The van der Waals surface area contributed by atoms with Crippen molar-refractivity contribution in [3.8, 4) is 0 Å². The molecular formula is C18H18BN3O3. The number of hydrogen-bond donors (Lipinski definition) is 1. The number of aliphatic hydroxyl groups excluding tert-OH is 1. The van der Waals surface area contributed by atoms with Gasteiger partial charge in [-0.05, 0) is 17.7 Å². The number of rotatable bonds is 4. The van der Waals surface area contributed by atoms with Crippen LogP contribution in [0.1, 0.15) is 17.4 Å². The van der Waals surface area contributed by atoms with E-state index in [4.69, 9.17) is 12.7 Å².